The van der Waals surface area contributed by atoms with Gasteiger partial charge in [0.2, 0.25) is 5.91 Å². The van der Waals surface area contributed by atoms with E-state index in [1.54, 1.807) is 0 Å². The fourth-order valence-corrected chi connectivity index (χ4v) is 2.50. The van der Waals surface area contributed by atoms with Crippen molar-refractivity contribution in [3.05, 3.63) is 42.0 Å². The van der Waals surface area contributed by atoms with Crippen LogP contribution in [-0.4, -0.2) is 12.0 Å². The summed E-state index contributed by atoms with van der Waals surface area (Å²) in [5, 5.41) is 0. The summed E-state index contributed by atoms with van der Waals surface area (Å²) in [4.78, 5) is 11.1. The van der Waals surface area contributed by atoms with Crippen LogP contribution < -0.4 is 10.5 Å². The summed E-state index contributed by atoms with van der Waals surface area (Å²) < 4.78 is 43.4. The van der Waals surface area contributed by atoms with Crippen LogP contribution >= 0.6 is 0 Å². The van der Waals surface area contributed by atoms with E-state index in [0.717, 1.165) is 12.1 Å². The minimum atomic E-state index is -4.39. The molecule has 114 valence electrons. The highest BCUT2D eigenvalue weighted by Crippen LogP contribution is 2.35. The lowest BCUT2D eigenvalue weighted by Gasteiger charge is -2.16. The number of benzene rings is 1. The molecule has 0 unspecified atom stereocenters. The Hall–Kier alpha value is -1.98. The third-order valence-corrected chi connectivity index (χ3v) is 3.66. The smallest absolute Gasteiger partial charge is 0.416 e. The van der Waals surface area contributed by atoms with Gasteiger partial charge in [0.05, 0.1) is 11.7 Å². The predicted octanol–water partition coefficient (Wildman–Crippen LogP) is 3.29. The molecule has 2 atom stereocenters. The highest BCUT2D eigenvalue weighted by Gasteiger charge is 2.32. The van der Waals surface area contributed by atoms with Gasteiger partial charge in [-0.3, -0.25) is 4.79 Å². The van der Waals surface area contributed by atoms with Crippen molar-refractivity contribution < 1.29 is 22.7 Å². The van der Waals surface area contributed by atoms with E-state index in [-0.39, 0.29) is 17.8 Å². The van der Waals surface area contributed by atoms with Crippen molar-refractivity contribution in [2.24, 2.45) is 11.7 Å². The van der Waals surface area contributed by atoms with Crippen molar-refractivity contribution in [3.63, 3.8) is 0 Å². The van der Waals surface area contributed by atoms with Gasteiger partial charge in [0, 0.05) is 5.57 Å². The summed E-state index contributed by atoms with van der Waals surface area (Å²) in [7, 11) is 0. The topological polar surface area (TPSA) is 52.3 Å². The molecule has 1 amide bonds. The van der Waals surface area contributed by atoms with Crippen LogP contribution in [0.1, 0.15) is 24.8 Å². The van der Waals surface area contributed by atoms with Gasteiger partial charge in [-0.05, 0) is 43.4 Å². The Morgan fingerprint density at radius 1 is 1.33 bits per heavy atom. The number of amides is 1. The first-order valence-electron chi connectivity index (χ1n) is 6.60. The minimum absolute atomic E-state index is 0.0571. The zero-order valence-electron chi connectivity index (χ0n) is 11.3. The predicted molar refractivity (Wildman–Crippen MR) is 71.5 cm³/mol. The van der Waals surface area contributed by atoms with Crippen molar-refractivity contribution in [2.75, 3.05) is 0 Å². The van der Waals surface area contributed by atoms with Gasteiger partial charge < -0.3 is 10.5 Å². The van der Waals surface area contributed by atoms with Gasteiger partial charge in [-0.1, -0.05) is 12.6 Å². The third kappa shape index (κ3) is 3.77. The molecule has 0 aromatic heterocycles. The number of rotatable bonds is 4. The monoisotopic (exact) mass is 299 g/mol. The molecule has 1 aromatic carbocycles. The maximum Gasteiger partial charge on any atom is 0.416 e. The molecule has 0 bridgehead atoms. The van der Waals surface area contributed by atoms with Crippen LogP contribution in [-0.2, 0) is 11.0 Å². The molecule has 21 heavy (non-hydrogen) atoms. The Bertz CT molecular complexity index is 554. The molecule has 1 aromatic rings. The van der Waals surface area contributed by atoms with E-state index >= 15 is 0 Å². The molecular formula is C15H16F3NO2. The van der Waals surface area contributed by atoms with Gasteiger partial charge in [-0.2, -0.15) is 13.2 Å². The first-order valence-corrected chi connectivity index (χ1v) is 6.60. The molecule has 1 saturated carbocycles. The average Bonchev–Trinajstić information content (AvgIpc) is 2.85. The molecule has 3 nitrogen and oxygen atoms in total. The van der Waals surface area contributed by atoms with Crippen molar-refractivity contribution >= 4 is 5.91 Å². The first-order chi connectivity index (χ1) is 9.77. The highest BCUT2D eigenvalue weighted by molar-refractivity contribution is 5.91. The second kappa shape index (κ2) is 5.79. The standard InChI is InChI=1S/C15H16F3NO2/c1-9(14(19)20)10-5-6-13(7-10)21-12-4-2-3-11(8-12)15(16,17)18/h2-4,8,10,13H,1,5-7H2,(H2,19,20)/t10-,13-/m1/s1. The SMILES string of the molecule is C=C(C(N)=O)[C@@H]1CC[C@@H](Oc2cccc(C(F)(F)F)c2)C1. The molecule has 2 N–H and O–H groups in total. The van der Waals surface area contributed by atoms with Gasteiger partial charge in [-0.15, -0.1) is 0 Å². The molecule has 1 fully saturated rings. The van der Waals surface area contributed by atoms with E-state index in [2.05, 4.69) is 6.58 Å². The summed E-state index contributed by atoms with van der Waals surface area (Å²) in [5.74, 6) is -0.418. The normalized spacial score (nSPS) is 22.0. The molecule has 0 radical (unpaired) electrons. The zero-order valence-corrected chi connectivity index (χ0v) is 11.3. The molecule has 0 aliphatic heterocycles. The van der Waals surface area contributed by atoms with Crippen LogP contribution in [0.15, 0.2) is 36.4 Å². The molecule has 1 aliphatic carbocycles. The molecule has 0 saturated heterocycles. The highest BCUT2D eigenvalue weighted by atomic mass is 19.4. The second-order valence-electron chi connectivity index (χ2n) is 5.16. The summed E-state index contributed by atoms with van der Waals surface area (Å²) in [6.45, 7) is 3.65. The Balaban J connectivity index is 2.01. The van der Waals surface area contributed by atoms with E-state index in [1.807, 2.05) is 0 Å². The Kier molecular flexibility index (Phi) is 4.25. The van der Waals surface area contributed by atoms with Crippen molar-refractivity contribution in [3.8, 4) is 5.75 Å². The quantitative estimate of drug-likeness (QED) is 0.867. The average molecular weight is 299 g/mol. The number of carbonyl (C=O) groups is 1. The minimum Gasteiger partial charge on any atom is -0.490 e. The van der Waals surface area contributed by atoms with Crippen LogP contribution in [0.5, 0.6) is 5.75 Å². The Morgan fingerprint density at radius 3 is 2.67 bits per heavy atom. The van der Waals surface area contributed by atoms with E-state index in [1.165, 1.54) is 12.1 Å². The Labute approximate surface area is 120 Å². The van der Waals surface area contributed by atoms with Gasteiger partial charge in [0.25, 0.3) is 0 Å². The maximum atomic E-state index is 12.6. The number of primary amides is 1. The lowest BCUT2D eigenvalue weighted by atomic mass is 9.98. The van der Waals surface area contributed by atoms with Crippen molar-refractivity contribution in [1.29, 1.82) is 0 Å². The van der Waals surface area contributed by atoms with Gasteiger partial charge in [-0.25, -0.2) is 0 Å². The maximum absolute atomic E-state index is 12.6. The lowest BCUT2D eigenvalue weighted by Crippen LogP contribution is -2.19. The summed E-state index contributed by atoms with van der Waals surface area (Å²) in [5.41, 5.74) is 4.79. The van der Waals surface area contributed by atoms with Gasteiger partial charge >= 0.3 is 6.18 Å². The molecule has 0 spiro atoms. The number of ether oxygens (including phenoxy) is 1. The van der Waals surface area contributed by atoms with Crippen molar-refractivity contribution in [1.82, 2.24) is 0 Å². The van der Waals surface area contributed by atoms with Crippen LogP contribution in [0, 0.1) is 5.92 Å². The number of hydrogen-bond acceptors (Lipinski definition) is 2. The molecule has 2 rings (SSSR count). The van der Waals surface area contributed by atoms with Crippen LogP contribution in [0.25, 0.3) is 0 Å². The van der Waals surface area contributed by atoms with Gasteiger partial charge in [0.1, 0.15) is 5.75 Å². The fourth-order valence-electron chi connectivity index (χ4n) is 2.50. The number of nitrogens with two attached hydrogens (primary N) is 1. The largest absolute Gasteiger partial charge is 0.490 e. The van der Waals surface area contributed by atoms with Crippen molar-refractivity contribution in [2.45, 2.75) is 31.5 Å². The number of carbonyl (C=O) groups excluding carboxylic acids is 1. The van der Waals surface area contributed by atoms with E-state index in [4.69, 9.17) is 10.5 Å². The lowest BCUT2D eigenvalue weighted by molar-refractivity contribution is -0.137. The molecule has 6 heteroatoms. The molecular weight excluding hydrogens is 283 g/mol. The summed E-state index contributed by atoms with van der Waals surface area (Å²) >= 11 is 0. The van der Waals surface area contributed by atoms with Gasteiger partial charge in [0.15, 0.2) is 0 Å². The van der Waals surface area contributed by atoms with E-state index in [0.29, 0.717) is 24.8 Å². The van der Waals surface area contributed by atoms with E-state index < -0.39 is 17.6 Å². The zero-order chi connectivity index (χ0) is 15.6. The van der Waals surface area contributed by atoms with Crippen LogP contribution in [0.2, 0.25) is 0 Å². The molecule has 0 heterocycles. The first kappa shape index (κ1) is 15.4. The Morgan fingerprint density at radius 2 is 2.05 bits per heavy atom. The van der Waals surface area contributed by atoms with Crippen LogP contribution in [0.4, 0.5) is 13.2 Å². The summed E-state index contributed by atoms with van der Waals surface area (Å²) in [6.07, 6.45) is -2.72. The fraction of sp³-hybridized carbons (Fsp3) is 0.400. The summed E-state index contributed by atoms with van der Waals surface area (Å²) in [6, 6.07) is 4.79. The second-order valence-corrected chi connectivity index (χ2v) is 5.16. The molecule has 1 aliphatic rings. The number of hydrogen-bond donors (Lipinski definition) is 1. The van der Waals surface area contributed by atoms with Crippen LogP contribution in [0.3, 0.4) is 0 Å². The third-order valence-electron chi connectivity index (χ3n) is 3.66. The number of alkyl halides is 3. The van der Waals surface area contributed by atoms with E-state index in [9.17, 15) is 18.0 Å². The number of halogens is 3.